The Morgan fingerprint density at radius 3 is 3.06 bits per heavy atom. The SMILES string of the molecule is C=C[C@H]1C[C@@H](O)[C@H](n2cnc3c(N)ncnc32)O1. The highest BCUT2D eigenvalue weighted by Crippen LogP contribution is 2.31. The van der Waals surface area contributed by atoms with Gasteiger partial charge in [-0.2, -0.15) is 0 Å². The van der Waals surface area contributed by atoms with Gasteiger partial charge < -0.3 is 15.6 Å². The van der Waals surface area contributed by atoms with E-state index in [1.807, 2.05) is 0 Å². The minimum atomic E-state index is -0.624. The van der Waals surface area contributed by atoms with Gasteiger partial charge in [0.1, 0.15) is 17.9 Å². The molecule has 3 rings (SSSR count). The van der Waals surface area contributed by atoms with Crippen molar-refractivity contribution in [2.45, 2.75) is 24.9 Å². The van der Waals surface area contributed by atoms with Crippen molar-refractivity contribution in [3.8, 4) is 0 Å². The Labute approximate surface area is 103 Å². The van der Waals surface area contributed by atoms with Gasteiger partial charge in [0, 0.05) is 6.42 Å². The minimum Gasteiger partial charge on any atom is -0.388 e. The number of hydrogen-bond donors (Lipinski definition) is 2. The average Bonchev–Trinajstić information content (AvgIpc) is 2.93. The van der Waals surface area contributed by atoms with Gasteiger partial charge in [0.2, 0.25) is 0 Å². The molecule has 1 saturated heterocycles. The molecule has 1 aliphatic rings. The van der Waals surface area contributed by atoms with Gasteiger partial charge in [-0.25, -0.2) is 15.0 Å². The molecule has 0 saturated carbocycles. The smallest absolute Gasteiger partial charge is 0.167 e. The maximum Gasteiger partial charge on any atom is 0.167 e. The molecule has 2 aromatic rings. The summed E-state index contributed by atoms with van der Waals surface area (Å²) < 4.78 is 7.34. The Morgan fingerprint density at radius 2 is 2.33 bits per heavy atom. The first-order valence-electron chi connectivity index (χ1n) is 5.60. The number of hydrogen-bond acceptors (Lipinski definition) is 6. The molecule has 7 nitrogen and oxygen atoms in total. The Kier molecular flexibility index (Phi) is 2.49. The third-order valence-corrected chi connectivity index (χ3v) is 3.04. The number of aromatic nitrogens is 4. The Balaban J connectivity index is 2.05. The van der Waals surface area contributed by atoms with Crippen molar-refractivity contribution in [1.82, 2.24) is 19.5 Å². The highest BCUT2D eigenvalue weighted by atomic mass is 16.5. The first-order valence-corrected chi connectivity index (χ1v) is 5.60. The van der Waals surface area contributed by atoms with E-state index < -0.39 is 12.3 Å². The van der Waals surface area contributed by atoms with Gasteiger partial charge in [-0.3, -0.25) is 4.57 Å². The highest BCUT2D eigenvalue weighted by molar-refractivity contribution is 5.81. The quantitative estimate of drug-likeness (QED) is 0.738. The fourth-order valence-electron chi connectivity index (χ4n) is 2.14. The Hall–Kier alpha value is -1.99. The van der Waals surface area contributed by atoms with Crippen molar-refractivity contribution in [3.05, 3.63) is 25.3 Å². The Bertz CT molecular complexity index is 596. The molecule has 0 aromatic carbocycles. The van der Waals surface area contributed by atoms with Crippen LogP contribution >= 0.6 is 0 Å². The molecule has 0 bridgehead atoms. The van der Waals surface area contributed by atoms with Crippen LogP contribution in [-0.2, 0) is 4.74 Å². The van der Waals surface area contributed by atoms with E-state index in [0.29, 0.717) is 23.4 Å². The molecule has 2 aromatic heterocycles. The standard InChI is InChI=1S/C11H13N5O2/c1-2-6-3-7(17)11(18-6)16-5-15-8-9(12)13-4-14-10(8)16/h2,4-7,11,17H,1,3H2,(H2,12,13,14)/t6-,7+,11+/m0/s1. The van der Waals surface area contributed by atoms with Crippen LogP contribution in [0.2, 0.25) is 0 Å². The van der Waals surface area contributed by atoms with E-state index in [1.54, 1.807) is 17.0 Å². The molecule has 3 heterocycles. The third-order valence-electron chi connectivity index (χ3n) is 3.04. The number of aliphatic hydroxyl groups excluding tert-OH is 1. The molecule has 94 valence electrons. The summed E-state index contributed by atoms with van der Waals surface area (Å²) in [6, 6.07) is 0. The van der Waals surface area contributed by atoms with Crippen molar-refractivity contribution >= 4 is 17.0 Å². The number of nitrogen functional groups attached to an aromatic ring is 1. The molecule has 1 fully saturated rings. The van der Waals surface area contributed by atoms with Gasteiger partial charge in [-0.15, -0.1) is 6.58 Å². The number of nitrogens with zero attached hydrogens (tertiary/aromatic N) is 4. The number of rotatable bonds is 2. The van der Waals surface area contributed by atoms with Crippen LogP contribution in [-0.4, -0.2) is 36.8 Å². The predicted molar refractivity (Wildman–Crippen MR) is 64.5 cm³/mol. The lowest BCUT2D eigenvalue weighted by molar-refractivity contribution is -0.0227. The maximum absolute atomic E-state index is 9.99. The molecular weight excluding hydrogens is 234 g/mol. The Morgan fingerprint density at radius 1 is 1.50 bits per heavy atom. The van der Waals surface area contributed by atoms with Crippen molar-refractivity contribution in [3.63, 3.8) is 0 Å². The van der Waals surface area contributed by atoms with Crippen LogP contribution in [0.15, 0.2) is 25.3 Å². The third kappa shape index (κ3) is 1.56. The second kappa shape index (κ2) is 4.04. The van der Waals surface area contributed by atoms with Gasteiger partial charge in [0.25, 0.3) is 0 Å². The summed E-state index contributed by atoms with van der Waals surface area (Å²) in [5.41, 5.74) is 6.77. The van der Waals surface area contributed by atoms with Crippen LogP contribution < -0.4 is 5.73 Å². The van der Waals surface area contributed by atoms with E-state index in [4.69, 9.17) is 10.5 Å². The lowest BCUT2D eigenvalue weighted by atomic mass is 10.2. The van der Waals surface area contributed by atoms with Crippen LogP contribution in [0.3, 0.4) is 0 Å². The lowest BCUT2D eigenvalue weighted by Gasteiger charge is -2.15. The van der Waals surface area contributed by atoms with E-state index in [2.05, 4.69) is 21.5 Å². The second-order valence-corrected chi connectivity index (χ2v) is 4.19. The van der Waals surface area contributed by atoms with E-state index in [-0.39, 0.29) is 6.10 Å². The maximum atomic E-state index is 9.99. The molecule has 0 unspecified atom stereocenters. The topological polar surface area (TPSA) is 99.1 Å². The monoisotopic (exact) mass is 247 g/mol. The van der Waals surface area contributed by atoms with Crippen LogP contribution in [0.5, 0.6) is 0 Å². The van der Waals surface area contributed by atoms with Gasteiger partial charge in [0.15, 0.2) is 17.7 Å². The van der Waals surface area contributed by atoms with Gasteiger partial charge in [0.05, 0.1) is 12.4 Å². The molecular formula is C11H13N5O2. The van der Waals surface area contributed by atoms with Gasteiger partial charge in [-0.1, -0.05) is 6.08 Å². The van der Waals surface area contributed by atoms with Crippen LogP contribution in [0.1, 0.15) is 12.6 Å². The van der Waals surface area contributed by atoms with Crippen LogP contribution in [0.4, 0.5) is 5.82 Å². The molecule has 7 heteroatoms. The van der Waals surface area contributed by atoms with E-state index in [0.717, 1.165) is 0 Å². The molecule has 3 atom stereocenters. The van der Waals surface area contributed by atoms with Gasteiger partial charge in [-0.05, 0) is 0 Å². The molecule has 3 N–H and O–H groups in total. The van der Waals surface area contributed by atoms with Crippen molar-refractivity contribution < 1.29 is 9.84 Å². The van der Waals surface area contributed by atoms with E-state index in [1.165, 1.54) is 6.33 Å². The minimum absolute atomic E-state index is 0.165. The number of nitrogens with two attached hydrogens (primary N) is 1. The van der Waals surface area contributed by atoms with Crippen molar-refractivity contribution in [2.24, 2.45) is 0 Å². The summed E-state index contributed by atoms with van der Waals surface area (Å²) in [6.45, 7) is 3.66. The first-order chi connectivity index (χ1) is 8.70. The number of aliphatic hydroxyl groups is 1. The van der Waals surface area contributed by atoms with Crippen LogP contribution in [0, 0.1) is 0 Å². The summed E-state index contributed by atoms with van der Waals surface area (Å²) in [5, 5.41) is 9.99. The summed E-state index contributed by atoms with van der Waals surface area (Å²) in [7, 11) is 0. The molecule has 0 spiro atoms. The van der Waals surface area contributed by atoms with Crippen LogP contribution in [0.25, 0.3) is 11.2 Å². The van der Waals surface area contributed by atoms with Crippen molar-refractivity contribution in [1.29, 1.82) is 0 Å². The molecule has 1 aliphatic heterocycles. The zero-order chi connectivity index (χ0) is 12.7. The summed E-state index contributed by atoms with van der Waals surface area (Å²) in [4.78, 5) is 12.1. The highest BCUT2D eigenvalue weighted by Gasteiger charge is 2.34. The fourth-order valence-corrected chi connectivity index (χ4v) is 2.14. The number of ether oxygens (including phenoxy) is 1. The number of fused-ring (bicyclic) bond motifs is 1. The zero-order valence-corrected chi connectivity index (χ0v) is 9.60. The van der Waals surface area contributed by atoms with Crippen molar-refractivity contribution in [2.75, 3.05) is 5.73 Å². The number of anilines is 1. The fraction of sp³-hybridized carbons (Fsp3) is 0.364. The molecule has 0 amide bonds. The second-order valence-electron chi connectivity index (χ2n) is 4.19. The normalized spacial score (nSPS) is 27.7. The summed E-state index contributed by atoms with van der Waals surface area (Å²) in [5.74, 6) is 0.312. The first kappa shape index (κ1) is 11.1. The summed E-state index contributed by atoms with van der Waals surface area (Å²) in [6.07, 6.45) is 3.78. The lowest BCUT2D eigenvalue weighted by Crippen LogP contribution is -2.19. The van der Waals surface area contributed by atoms with E-state index >= 15 is 0 Å². The largest absolute Gasteiger partial charge is 0.388 e. The molecule has 0 aliphatic carbocycles. The number of imidazole rings is 1. The summed E-state index contributed by atoms with van der Waals surface area (Å²) >= 11 is 0. The molecule has 0 radical (unpaired) electrons. The predicted octanol–water partition coefficient (Wildman–Crippen LogP) is 0.243. The average molecular weight is 247 g/mol. The zero-order valence-electron chi connectivity index (χ0n) is 9.60. The van der Waals surface area contributed by atoms with E-state index in [9.17, 15) is 5.11 Å². The molecule has 18 heavy (non-hydrogen) atoms. The van der Waals surface area contributed by atoms with Gasteiger partial charge >= 0.3 is 0 Å².